The van der Waals surface area contributed by atoms with Crippen LogP contribution in [-0.2, 0) is 13.6 Å². The van der Waals surface area contributed by atoms with E-state index in [9.17, 15) is 14.5 Å². The van der Waals surface area contributed by atoms with E-state index >= 15 is 0 Å². The minimum absolute atomic E-state index is 0.202. The molecule has 1 aromatic heterocycles. The number of halogens is 1. The Labute approximate surface area is 113 Å². The van der Waals surface area contributed by atoms with E-state index in [2.05, 4.69) is 5.10 Å². The van der Waals surface area contributed by atoms with Crippen LogP contribution in [0.5, 0.6) is 0 Å². The van der Waals surface area contributed by atoms with E-state index in [-0.39, 0.29) is 12.2 Å². The van der Waals surface area contributed by atoms with Gasteiger partial charge in [-0.05, 0) is 12.1 Å². The van der Waals surface area contributed by atoms with Crippen molar-refractivity contribution in [1.82, 2.24) is 9.78 Å². The third-order valence-electron chi connectivity index (χ3n) is 2.66. The number of anilines is 1. The van der Waals surface area contributed by atoms with E-state index in [1.807, 2.05) is 6.19 Å². The summed E-state index contributed by atoms with van der Waals surface area (Å²) in [5.41, 5.74) is 0.361. The molecular formula is C12H10FN5O2. The van der Waals surface area contributed by atoms with Crippen molar-refractivity contribution in [1.29, 1.82) is 5.26 Å². The molecule has 102 valence electrons. The van der Waals surface area contributed by atoms with Gasteiger partial charge in [-0.15, -0.1) is 0 Å². The summed E-state index contributed by atoms with van der Waals surface area (Å²) in [5.74, 6) is -0.932. The van der Waals surface area contributed by atoms with Crippen molar-refractivity contribution >= 4 is 11.4 Å². The van der Waals surface area contributed by atoms with Gasteiger partial charge in [-0.2, -0.15) is 14.8 Å². The number of benzene rings is 1. The minimum atomic E-state index is -0.932. The lowest BCUT2D eigenvalue weighted by Gasteiger charge is -2.14. The average molecular weight is 275 g/mol. The first kappa shape index (κ1) is 13.5. The number of nitrogens with zero attached hydrogens (tertiary/aromatic N) is 5. The van der Waals surface area contributed by atoms with Crippen LogP contribution in [0.3, 0.4) is 0 Å². The molecule has 0 aliphatic heterocycles. The van der Waals surface area contributed by atoms with Crippen molar-refractivity contribution in [3.05, 3.63) is 52.1 Å². The molecule has 2 rings (SSSR count). The molecule has 20 heavy (non-hydrogen) atoms. The standard InChI is InChI=1S/C12H10FN5O2/c1-16-6-9(5-15-16)7-17(8-14)10-2-3-11(13)12(4-10)18(19)20/h2-6H,7H2,1H3. The Morgan fingerprint density at radius 3 is 2.90 bits per heavy atom. The fourth-order valence-electron chi connectivity index (χ4n) is 1.73. The Balaban J connectivity index is 2.30. The van der Waals surface area contributed by atoms with Crippen LogP contribution in [0.15, 0.2) is 30.6 Å². The molecular weight excluding hydrogens is 265 g/mol. The predicted molar refractivity (Wildman–Crippen MR) is 68.1 cm³/mol. The molecule has 0 aliphatic rings. The Bertz CT molecular complexity index is 691. The number of rotatable bonds is 4. The van der Waals surface area contributed by atoms with Crippen LogP contribution in [0.1, 0.15) is 5.56 Å². The Hall–Kier alpha value is -2.95. The lowest BCUT2D eigenvalue weighted by Crippen LogP contribution is -2.15. The van der Waals surface area contributed by atoms with Crippen LogP contribution in [0, 0.1) is 27.4 Å². The van der Waals surface area contributed by atoms with Crippen LogP contribution in [0.2, 0.25) is 0 Å². The van der Waals surface area contributed by atoms with Gasteiger partial charge >= 0.3 is 5.69 Å². The zero-order chi connectivity index (χ0) is 14.7. The Morgan fingerprint density at radius 2 is 2.35 bits per heavy atom. The maximum atomic E-state index is 13.3. The molecule has 0 saturated heterocycles. The van der Waals surface area contributed by atoms with Gasteiger partial charge in [0.25, 0.3) is 0 Å². The summed E-state index contributed by atoms with van der Waals surface area (Å²) in [5, 5.41) is 23.8. The predicted octanol–water partition coefficient (Wildman–Crippen LogP) is 1.96. The van der Waals surface area contributed by atoms with Crippen LogP contribution in [0.25, 0.3) is 0 Å². The van der Waals surface area contributed by atoms with Gasteiger partial charge in [0.2, 0.25) is 5.82 Å². The lowest BCUT2D eigenvalue weighted by molar-refractivity contribution is -0.387. The molecule has 0 bridgehead atoms. The summed E-state index contributed by atoms with van der Waals surface area (Å²) in [6.07, 6.45) is 5.22. The van der Waals surface area contributed by atoms with Crippen LogP contribution >= 0.6 is 0 Å². The number of nitro benzene ring substituents is 1. The second kappa shape index (κ2) is 5.36. The molecule has 7 nitrogen and oxygen atoms in total. The van der Waals surface area contributed by atoms with Crippen molar-refractivity contribution in [3.63, 3.8) is 0 Å². The van der Waals surface area contributed by atoms with Gasteiger partial charge in [-0.25, -0.2) is 0 Å². The van der Waals surface area contributed by atoms with Gasteiger partial charge in [0.05, 0.1) is 23.4 Å². The molecule has 1 heterocycles. The van der Waals surface area contributed by atoms with Crippen LogP contribution in [0.4, 0.5) is 15.8 Å². The van der Waals surface area contributed by atoms with E-state index in [1.54, 1.807) is 24.1 Å². The zero-order valence-corrected chi connectivity index (χ0v) is 10.5. The summed E-state index contributed by atoms with van der Waals surface area (Å²) in [7, 11) is 1.74. The number of aryl methyl sites for hydroxylation is 1. The van der Waals surface area contributed by atoms with E-state index in [0.717, 1.165) is 17.7 Å². The van der Waals surface area contributed by atoms with Gasteiger partial charge in [0, 0.05) is 24.9 Å². The number of hydrogen-bond donors (Lipinski definition) is 0. The molecule has 0 fully saturated rings. The van der Waals surface area contributed by atoms with E-state index in [1.165, 1.54) is 11.0 Å². The van der Waals surface area contributed by atoms with Gasteiger partial charge in [0.1, 0.15) is 0 Å². The maximum Gasteiger partial charge on any atom is 0.306 e. The number of aromatic nitrogens is 2. The fraction of sp³-hybridized carbons (Fsp3) is 0.167. The van der Waals surface area contributed by atoms with Gasteiger partial charge in [-0.1, -0.05) is 0 Å². The minimum Gasteiger partial charge on any atom is -0.275 e. The second-order valence-corrected chi connectivity index (χ2v) is 4.10. The van der Waals surface area contributed by atoms with Crippen molar-refractivity contribution in [2.45, 2.75) is 6.54 Å². The fourth-order valence-corrected chi connectivity index (χ4v) is 1.73. The van der Waals surface area contributed by atoms with E-state index < -0.39 is 16.4 Å². The second-order valence-electron chi connectivity index (χ2n) is 4.10. The monoisotopic (exact) mass is 275 g/mol. The average Bonchev–Trinajstić information content (AvgIpc) is 2.82. The summed E-state index contributed by atoms with van der Waals surface area (Å²) in [6, 6.07) is 3.33. The third kappa shape index (κ3) is 2.72. The molecule has 0 aliphatic carbocycles. The Morgan fingerprint density at radius 1 is 1.60 bits per heavy atom. The zero-order valence-electron chi connectivity index (χ0n) is 10.5. The highest BCUT2D eigenvalue weighted by Crippen LogP contribution is 2.25. The first-order valence-electron chi connectivity index (χ1n) is 5.60. The Kier molecular flexibility index (Phi) is 3.61. The van der Waals surface area contributed by atoms with Gasteiger partial charge in [0.15, 0.2) is 6.19 Å². The molecule has 2 aromatic rings. The molecule has 0 saturated carbocycles. The first-order chi connectivity index (χ1) is 9.51. The highest BCUT2D eigenvalue weighted by molar-refractivity contribution is 5.56. The molecule has 1 aromatic carbocycles. The normalized spacial score (nSPS) is 10.1. The van der Waals surface area contributed by atoms with Crippen LogP contribution in [-0.4, -0.2) is 14.7 Å². The molecule has 0 spiro atoms. The molecule has 0 unspecified atom stereocenters. The summed E-state index contributed by atoms with van der Waals surface area (Å²) in [6.45, 7) is 0.202. The molecule has 0 atom stereocenters. The van der Waals surface area contributed by atoms with Crippen molar-refractivity contribution in [2.24, 2.45) is 7.05 Å². The maximum absolute atomic E-state index is 13.3. The number of hydrogen-bond acceptors (Lipinski definition) is 5. The number of nitriles is 1. The summed E-state index contributed by atoms with van der Waals surface area (Å²) >= 11 is 0. The summed E-state index contributed by atoms with van der Waals surface area (Å²) < 4.78 is 14.8. The lowest BCUT2D eigenvalue weighted by atomic mass is 10.2. The summed E-state index contributed by atoms with van der Waals surface area (Å²) in [4.78, 5) is 11.1. The van der Waals surface area contributed by atoms with Crippen molar-refractivity contribution < 1.29 is 9.31 Å². The van der Waals surface area contributed by atoms with Crippen LogP contribution < -0.4 is 4.90 Å². The largest absolute Gasteiger partial charge is 0.306 e. The van der Waals surface area contributed by atoms with Crippen molar-refractivity contribution in [3.8, 4) is 6.19 Å². The topological polar surface area (TPSA) is 88.0 Å². The molecule has 0 N–H and O–H groups in total. The van der Waals surface area contributed by atoms with Gasteiger partial charge < -0.3 is 0 Å². The molecule has 8 heteroatoms. The molecule has 0 radical (unpaired) electrons. The van der Waals surface area contributed by atoms with Gasteiger partial charge in [-0.3, -0.25) is 19.7 Å². The number of nitro groups is 1. The quantitative estimate of drug-likeness (QED) is 0.368. The SMILES string of the molecule is Cn1cc(CN(C#N)c2ccc(F)c([N+](=O)[O-])c2)cn1. The smallest absolute Gasteiger partial charge is 0.275 e. The third-order valence-corrected chi connectivity index (χ3v) is 2.66. The first-order valence-corrected chi connectivity index (χ1v) is 5.60. The van der Waals surface area contributed by atoms with E-state index in [4.69, 9.17) is 5.26 Å². The highest BCUT2D eigenvalue weighted by Gasteiger charge is 2.17. The molecule has 0 amide bonds. The highest BCUT2D eigenvalue weighted by atomic mass is 19.1. The van der Waals surface area contributed by atoms with E-state index in [0.29, 0.717) is 0 Å². The van der Waals surface area contributed by atoms with Crippen molar-refractivity contribution in [2.75, 3.05) is 4.90 Å².